The minimum Gasteiger partial charge on any atom is -0.373 e. The highest BCUT2D eigenvalue weighted by molar-refractivity contribution is 9.10. The summed E-state index contributed by atoms with van der Waals surface area (Å²) in [5.74, 6) is 0.720. The molecule has 0 fully saturated rings. The first kappa shape index (κ1) is 13.1. The molecular weight excluding hydrogens is 318 g/mol. The fourth-order valence-electron chi connectivity index (χ4n) is 1.53. The van der Waals surface area contributed by atoms with Gasteiger partial charge in [0.15, 0.2) is 0 Å². The van der Waals surface area contributed by atoms with E-state index in [1.807, 2.05) is 0 Å². The molecule has 2 aromatic rings. The van der Waals surface area contributed by atoms with Gasteiger partial charge in [-0.15, -0.1) is 0 Å². The zero-order chi connectivity index (χ0) is 13.1. The highest BCUT2D eigenvalue weighted by Gasteiger charge is 2.06. The van der Waals surface area contributed by atoms with Crippen molar-refractivity contribution in [2.24, 2.45) is 0 Å². The molecule has 2 aromatic heterocycles. The average Bonchev–Trinajstić information content (AvgIpc) is 2.37. The molecule has 0 aliphatic carbocycles. The fourth-order valence-corrected chi connectivity index (χ4v) is 2.07. The van der Waals surface area contributed by atoms with E-state index in [9.17, 15) is 4.79 Å². The number of pyridine rings is 2. The van der Waals surface area contributed by atoms with Crippen LogP contribution in [0.5, 0.6) is 0 Å². The molecule has 0 saturated carbocycles. The minimum absolute atomic E-state index is 0.106. The van der Waals surface area contributed by atoms with Crippen LogP contribution >= 0.6 is 27.5 Å². The summed E-state index contributed by atoms with van der Waals surface area (Å²) in [5.41, 5.74) is 0.550. The second kappa shape index (κ2) is 5.54. The monoisotopic (exact) mass is 327 g/mol. The standard InChI is InChI=1S/C12H11BrClN3O/c1-15-11-5-4-9(14)10(16-11)7-17-6-2-3-8(13)12(17)18/h2-6H,7H2,1H3,(H,15,16). The Morgan fingerprint density at radius 2 is 2.22 bits per heavy atom. The van der Waals surface area contributed by atoms with Crippen molar-refractivity contribution in [2.45, 2.75) is 6.54 Å². The van der Waals surface area contributed by atoms with Gasteiger partial charge < -0.3 is 9.88 Å². The lowest BCUT2D eigenvalue weighted by atomic mass is 10.3. The van der Waals surface area contributed by atoms with E-state index in [2.05, 4.69) is 26.2 Å². The lowest BCUT2D eigenvalue weighted by molar-refractivity contribution is 0.736. The van der Waals surface area contributed by atoms with Gasteiger partial charge in [0.25, 0.3) is 5.56 Å². The summed E-state index contributed by atoms with van der Waals surface area (Å²) in [5, 5.41) is 3.48. The van der Waals surface area contributed by atoms with Gasteiger partial charge >= 0.3 is 0 Å². The fraction of sp³-hybridized carbons (Fsp3) is 0.167. The van der Waals surface area contributed by atoms with Gasteiger partial charge in [0, 0.05) is 13.2 Å². The van der Waals surface area contributed by atoms with E-state index in [4.69, 9.17) is 11.6 Å². The van der Waals surface area contributed by atoms with Crippen LogP contribution in [0.3, 0.4) is 0 Å². The van der Waals surface area contributed by atoms with E-state index in [1.165, 1.54) is 0 Å². The molecule has 6 heteroatoms. The van der Waals surface area contributed by atoms with Gasteiger partial charge in [-0.2, -0.15) is 0 Å². The Bertz CT molecular complexity index is 627. The van der Waals surface area contributed by atoms with E-state index in [-0.39, 0.29) is 5.56 Å². The third-order valence-electron chi connectivity index (χ3n) is 2.47. The van der Waals surface area contributed by atoms with Crippen molar-refractivity contribution in [1.29, 1.82) is 0 Å². The highest BCUT2D eigenvalue weighted by Crippen LogP contribution is 2.17. The third-order valence-corrected chi connectivity index (χ3v) is 3.42. The Kier molecular flexibility index (Phi) is 4.04. The molecule has 0 atom stereocenters. The first-order chi connectivity index (χ1) is 8.61. The molecule has 18 heavy (non-hydrogen) atoms. The number of nitrogens with zero attached hydrogens (tertiary/aromatic N) is 2. The first-order valence-electron chi connectivity index (χ1n) is 5.30. The van der Waals surface area contributed by atoms with Crippen LogP contribution in [0.15, 0.2) is 39.7 Å². The Labute approximate surface area is 118 Å². The molecule has 94 valence electrons. The molecule has 0 unspecified atom stereocenters. The molecule has 0 radical (unpaired) electrons. The molecular formula is C12H11BrClN3O. The topological polar surface area (TPSA) is 46.9 Å². The van der Waals surface area contributed by atoms with Crippen LogP contribution in [-0.2, 0) is 6.54 Å². The van der Waals surface area contributed by atoms with E-state index < -0.39 is 0 Å². The van der Waals surface area contributed by atoms with E-state index in [0.717, 1.165) is 5.82 Å². The van der Waals surface area contributed by atoms with Crippen LogP contribution in [0.4, 0.5) is 5.82 Å². The summed E-state index contributed by atoms with van der Waals surface area (Å²) in [4.78, 5) is 16.2. The van der Waals surface area contributed by atoms with Crippen molar-refractivity contribution >= 4 is 33.3 Å². The summed E-state index contributed by atoms with van der Waals surface area (Å²) < 4.78 is 2.07. The first-order valence-corrected chi connectivity index (χ1v) is 6.47. The summed E-state index contributed by atoms with van der Waals surface area (Å²) in [6.07, 6.45) is 1.71. The second-order valence-electron chi connectivity index (χ2n) is 3.66. The summed E-state index contributed by atoms with van der Waals surface area (Å²) in [6, 6.07) is 7.05. The molecule has 4 nitrogen and oxygen atoms in total. The van der Waals surface area contributed by atoms with Crippen LogP contribution in [0, 0.1) is 0 Å². The molecule has 0 bridgehead atoms. The summed E-state index contributed by atoms with van der Waals surface area (Å²) in [7, 11) is 1.78. The van der Waals surface area contributed by atoms with Crippen molar-refractivity contribution in [1.82, 2.24) is 9.55 Å². The molecule has 2 heterocycles. The second-order valence-corrected chi connectivity index (χ2v) is 4.93. The van der Waals surface area contributed by atoms with Crippen molar-refractivity contribution in [3.05, 3.63) is 56.0 Å². The Balaban J connectivity index is 2.39. The predicted octanol–water partition coefficient (Wildman–Crippen LogP) is 2.75. The number of hydrogen-bond donors (Lipinski definition) is 1. The number of aromatic nitrogens is 2. The van der Waals surface area contributed by atoms with Gasteiger partial charge in [-0.05, 0) is 40.2 Å². The molecule has 0 aromatic carbocycles. The van der Waals surface area contributed by atoms with E-state index in [1.54, 1.807) is 42.1 Å². The minimum atomic E-state index is -0.106. The largest absolute Gasteiger partial charge is 0.373 e. The van der Waals surface area contributed by atoms with Crippen molar-refractivity contribution in [3.8, 4) is 0 Å². The van der Waals surface area contributed by atoms with Gasteiger partial charge in [-0.3, -0.25) is 4.79 Å². The number of nitrogens with one attached hydrogen (secondary N) is 1. The van der Waals surface area contributed by atoms with E-state index in [0.29, 0.717) is 21.7 Å². The molecule has 1 N–H and O–H groups in total. The third kappa shape index (κ3) is 2.73. The molecule has 0 spiro atoms. The number of hydrogen-bond acceptors (Lipinski definition) is 3. The predicted molar refractivity (Wildman–Crippen MR) is 76.3 cm³/mol. The molecule has 0 amide bonds. The van der Waals surface area contributed by atoms with Gasteiger partial charge in [0.05, 0.1) is 21.7 Å². The quantitative estimate of drug-likeness (QED) is 0.942. The highest BCUT2D eigenvalue weighted by atomic mass is 79.9. The number of anilines is 1. The van der Waals surface area contributed by atoms with E-state index >= 15 is 0 Å². The zero-order valence-corrected chi connectivity index (χ0v) is 12.0. The van der Waals surface area contributed by atoms with Crippen molar-refractivity contribution in [2.75, 3.05) is 12.4 Å². The Morgan fingerprint density at radius 3 is 2.94 bits per heavy atom. The van der Waals surface area contributed by atoms with Crippen LogP contribution in [0.2, 0.25) is 5.02 Å². The Morgan fingerprint density at radius 1 is 1.44 bits per heavy atom. The van der Waals surface area contributed by atoms with Crippen molar-refractivity contribution in [3.63, 3.8) is 0 Å². The van der Waals surface area contributed by atoms with Crippen LogP contribution in [-0.4, -0.2) is 16.6 Å². The van der Waals surface area contributed by atoms with Gasteiger partial charge in [-0.25, -0.2) is 4.98 Å². The van der Waals surface area contributed by atoms with Gasteiger partial charge in [0.1, 0.15) is 5.82 Å². The lowest BCUT2D eigenvalue weighted by Crippen LogP contribution is -2.21. The Hall–Kier alpha value is -1.33. The van der Waals surface area contributed by atoms with Crippen LogP contribution in [0.25, 0.3) is 0 Å². The van der Waals surface area contributed by atoms with Crippen LogP contribution < -0.4 is 10.9 Å². The molecule has 0 saturated heterocycles. The van der Waals surface area contributed by atoms with Gasteiger partial charge in [0.2, 0.25) is 0 Å². The zero-order valence-electron chi connectivity index (χ0n) is 9.65. The normalized spacial score (nSPS) is 10.4. The lowest BCUT2D eigenvalue weighted by Gasteiger charge is -2.09. The maximum absolute atomic E-state index is 11.9. The molecule has 0 aliphatic rings. The summed E-state index contributed by atoms with van der Waals surface area (Å²) >= 11 is 9.28. The molecule has 0 aliphatic heterocycles. The number of rotatable bonds is 3. The maximum atomic E-state index is 11.9. The summed E-state index contributed by atoms with van der Waals surface area (Å²) in [6.45, 7) is 0.340. The SMILES string of the molecule is CNc1ccc(Cl)c(Cn2cccc(Br)c2=O)n1. The van der Waals surface area contributed by atoms with Crippen LogP contribution in [0.1, 0.15) is 5.69 Å². The average molecular weight is 329 g/mol. The smallest absolute Gasteiger partial charge is 0.265 e. The van der Waals surface area contributed by atoms with Gasteiger partial charge in [-0.1, -0.05) is 11.6 Å². The van der Waals surface area contributed by atoms with Crippen molar-refractivity contribution < 1.29 is 0 Å². The molecule has 2 rings (SSSR count). The number of halogens is 2. The maximum Gasteiger partial charge on any atom is 0.265 e.